The summed E-state index contributed by atoms with van der Waals surface area (Å²) >= 11 is 0. The minimum absolute atomic E-state index is 0.130. The first-order valence-corrected chi connectivity index (χ1v) is 7.65. The third kappa shape index (κ3) is 8.41. The lowest BCUT2D eigenvalue weighted by molar-refractivity contribution is -0.116. The Morgan fingerprint density at radius 2 is 1.63 bits per heavy atom. The molecule has 0 unspecified atom stereocenters. The predicted octanol–water partition coefficient (Wildman–Crippen LogP) is 5.18. The van der Waals surface area contributed by atoms with Crippen molar-refractivity contribution in [1.29, 1.82) is 0 Å². The number of benzene rings is 1. The number of aryl methyl sites for hydroxylation is 1. The van der Waals surface area contributed by atoms with Crippen molar-refractivity contribution in [3.05, 3.63) is 29.8 Å². The van der Waals surface area contributed by atoms with Crippen molar-refractivity contribution in [2.45, 2.75) is 66.2 Å². The van der Waals surface area contributed by atoms with Crippen molar-refractivity contribution in [2.24, 2.45) is 0 Å². The number of carbonyl (C=O) groups is 1. The maximum Gasteiger partial charge on any atom is 0.224 e. The third-order valence-electron chi connectivity index (χ3n) is 2.90. The van der Waals surface area contributed by atoms with Crippen molar-refractivity contribution >= 4 is 11.6 Å². The number of hydrogen-bond donors (Lipinski definition) is 1. The molecule has 108 valence electrons. The molecule has 0 aliphatic heterocycles. The van der Waals surface area contributed by atoms with Crippen LogP contribution in [0.25, 0.3) is 0 Å². The Bertz CT molecular complexity index is 330. The largest absolute Gasteiger partial charge is 0.326 e. The third-order valence-corrected chi connectivity index (χ3v) is 2.90. The van der Waals surface area contributed by atoms with Crippen LogP contribution in [0.5, 0.6) is 0 Å². The molecule has 1 N–H and O–H groups in total. The van der Waals surface area contributed by atoms with Crippen molar-refractivity contribution < 1.29 is 4.79 Å². The Hall–Kier alpha value is -1.31. The number of hydrogen-bond acceptors (Lipinski definition) is 1. The van der Waals surface area contributed by atoms with Gasteiger partial charge in [-0.2, -0.15) is 0 Å². The molecule has 1 aromatic carbocycles. The molecule has 0 atom stereocenters. The van der Waals surface area contributed by atoms with Gasteiger partial charge in [0.05, 0.1) is 0 Å². The molecule has 0 saturated heterocycles. The second-order valence-electron chi connectivity index (χ2n) is 4.41. The molecule has 0 aliphatic carbocycles. The Labute approximate surface area is 118 Å². The molecule has 1 rings (SSSR count). The van der Waals surface area contributed by atoms with Gasteiger partial charge in [-0.1, -0.05) is 59.1 Å². The van der Waals surface area contributed by atoms with Crippen LogP contribution < -0.4 is 5.32 Å². The smallest absolute Gasteiger partial charge is 0.224 e. The van der Waals surface area contributed by atoms with Crippen LogP contribution in [0.3, 0.4) is 0 Å². The molecule has 0 fully saturated rings. The zero-order chi connectivity index (χ0) is 14.5. The van der Waals surface area contributed by atoms with E-state index in [0.29, 0.717) is 6.42 Å². The van der Waals surface area contributed by atoms with E-state index in [9.17, 15) is 4.79 Å². The zero-order valence-corrected chi connectivity index (χ0v) is 13.0. The van der Waals surface area contributed by atoms with Gasteiger partial charge < -0.3 is 5.32 Å². The predicted molar refractivity (Wildman–Crippen MR) is 84.6 cm³/mol. The molecule has 0 heterocycles. The van der Waals surface area contributed by atoms with Gasteiger partial charge in [-0.3, -0.25) is 4.79 Å². The number of carbonyl (C=O) groups excluding carboxylic acids is 1. The van der Waals surface area contributed by atoms with E-state index in [4.69, 9.17) is 0 Å². The summed E-state index contributed by atoms with van der Waals surface area (Å²) in [5, 5.41) is 2.93. The number of anilines is 1. The summed E-state index contributed by atoms with van der Waals surface area (Å²) in [5.41, 5.74) is 2.20. The number of nitrogens with one attached hydrogen (secondary N) is 1. The van der Waals surface area contributed by atoms with Crippen molar-refractivity contribution in [3.63, 3.8) is 0 Å². The quantitative estimate of drug-likeness (QED) is 0.674. The van der Waals surface area contributed by atoms with E-state index in [1.54, 1.807) is 0 Å². The molecule has 0 bridgehead atoms. The fourth-order valence-corrected chi connectivity index (χ4v) is 1.76. The second-order valence-corrected chi connectivity index (χ2v) is 4.41. The molecule has 0 saturated carbocycles. The van der Waals surface area contributed by atoms with Crippen LogP contribution >= 0.6 is 0 Å². The molecule has 0 aromatic heterocycles. The lowest BCUT2D eigenvalue weighted by atomic mass is 10.1. The number of rotatable bonds is 7. The first-order chi connectivity index (χ1) is 9.26. The summed E-state index contributed by atoms with van der Waals surface area (Å²) in [5.74, 6) is 0.130. The van der Waals surface area contributed by atoms with Crippen molar-refractivity contribution in [2.75, 3.05) is 5.32 Å². The summed E-state index contributed by atoms with van der Waals surface area (Å²) in [6, 6.07) is 8.07. The zero-order valence-electron chi connectivity index (χ0n) is 13.0. The Balaban J connectivity index is 0.00000154. The first-order valence-electron chi connectivity index (χ1n) is 7.65. The molecule has 0 radical (unpaired) electrons. The second kappa shape index (κ2) is 11.8. The topological polar surface area (TPSA) is 29.1 Å². The summed E-state index contributed by atoms with van der Waals surface area (Å²) in [4.78, 5) is 11.6. The van der Waals surface area contributed by atoms with E-state index in [0.717, 1.165) is 24.9 Å². The first kappa shape index (κ1) is 17.7. The maximum atomic E-state index is 11.6. The average molecular weight is 263 g/mol. The average Bonchev–Trinajstić information content (AvgIpc) is 2.46. The van der Waals surface area contributed by atoms with Crippen LogP contribution in [0.2, 0.25) is 0 Å². The van der Waals surface area contributed by atoms with Gasteiger partial charge in [0.2, 0.25) is 5.91 Å². The van der Waals surface area contributed by atoms with Gasteiger partial charge in [0.15, 0.2) is 0 Å². The molecule has 19 heavy (non-hydrogen) atoms. The minimum Gasteiger partial charge on any atom is -0.326 e. The van der Waals surface area contributed by atoms with Crippen LogP contribution in [0.4, 0.5) is 5.69 Å². The van der Waals surface area contributed by atoms with E-state index in [2.05, 4.69) is 31.3 Å². The normalized spacial score (nSPS) is 9.47. The van der Waals surface area contributed by atoms with Crippen LogP contribution in [0, 0.1) is 0 Å². The molecular formula is C17H29NO. The van der Waals surface area contributed by atoms with Crippen LogP contribution in [-0.2, 0) is 11.2 Å². The summed E-state index contributed by atoms with van der Waals surface area (Å²) in [6.45, 7) is 8.30. The highest BCUT2D eigenvalue weighted by Gasteiger charge is 2.01. The number of amides is 1. The molecule has 1 amide bonds. The van der Waals surface area contributed by atoms with Crippen LogP contribution in [-0.4, -0.2) is 5.91 Å². The minimum atomic E-state index is 0.130. The van der Waals surface area contributed by atoms with Crippen LogP contribution in [0.15, 0.2) is 24.3 Å². The Morgan fingerprint density at radius 3 is 2.16 bits per heavy atom. The van der Waals surface area contributed by atoms with E-state index in [1.807, 2.05) is 26.0 Å². The van der Waals surface area contributed by atoms with E-state index < -0.39 is 0 Å². The van der Waals surface area contributed by atoms with E-state index >= 15 is 0 Å². The highest BCUT2D eigenvalue weighted by atomic mass is 16.1. The van der Waals surface area contributed by atoms with E-state index in [1.165, 1.54) is 18.4 Å². The summed E-state index contributed by atoms with van der Waals surface area (Å²) < 4.78 is 0. The molecule has 0 aliphatic rings. The molecule has 1 aromatic rings. The Kier molecular flexibility index (Phi) is 11.0. The van der Waals surface area contributed by atoms with Gasteiger partial charge in [0, 0.05) is 12.1 Å². The molecule has 2 nitrogen and oxygen atoms in total. The summed E-state index contributed by atoms with van der Waals surface area (Å²) in [7, 11) is 0. The molecule has 2 heteroatoms. The van der Waals surface area contributed by atoms with E-state index in [-0.39, 0.29) is 5.91 Å². The van der Waals surface area contributed by atoms with Gasteiger partial charge >= 0.3 is 0 Å². The molecular weight excluding hydrogens is 234 g/mol. The fraction of sp³-hybridized carbons (Fsp3) is 0.588. The number of unbranched alkanes of at least 4 members (excludes halogenated alkanes) is 3. The highest BCUT2D eigenvalue weighted by molar-refractivity contribution is 5.90. The van der Waals surface area contributed by atoms with Gasteiger partial charge in [-0.25, -0.2) is 0 Å². The highest BCUT2D eigenvalue weighted by Crippen LogP contribution is 2.11. The van der Waals surface area contributed by atoms with Gasteiger partial charge in [-0.05, 0) is 30.5 Å². The van der Waals surface area contributed by atoms with Crippen LogP contribution in [0.1, 0.15) is 65.4 Å². The maximum absolute atomic E-state index is 11.6. The van der Waals surface area contributed by atoms with Gasteiger partial charge in [-0.15, -0.1) is 0 Å². The fourth-order valence-electron chi connectivity index (χ4n) is 1.76. The Morgan fingerprint density at radius 1 is 1.00 bits per heavy atom. The standard InChI is InChI=1S/C15H23NO.C2H6/c1-3-5-6-7-8-15(17)16-14-11-9-13(4-2)10-12-14;1-2/h9-12H,3-8H2,1-2H3,(H,16,17);1-2H3. The molecule has 0 spiro atoms. The monoisotopic (exact) mass is 263 g/mol. The van der Waals surface area contributed by atoms with Gasteiger partial charge in [0.25, 0.3) is 0 Å². The summed E-state index contributed by atoms with van der Waals surface area (Å²) in [6.07, 6.45) is 6.24. The van der Waals surface area contributed by atoms with Crippen molar-refractivity contribution in [1.82, 2.24) is 0 Å². The lowest BCUT2D eigenvalue weighted by Crippen LogP contribution is -2.10. The van der Waals surface area contributed by atoms with Gasteiger partial charge in [0.1, 0.15) is 0 Å². The SMILES string of the molecule is CC.CCCCCCC(=O)Nc1ccc(CC)cc1. The van der Waals surface area contributed by atoms with Crippen molar-refractivity contribution in [3.8, 4) is 0 Å². The lowest BCUT2D eigenvalue weighted by Gasteiger charge is -2.05.